The van der Waals surface area contributed by atoms with Gasteiger partial charge in [-0.2, -0.15) is 9.97 Å². The van der Waals surface area contributed by atoms with Crippen LogP contribution in [0, 0.1) is 10.1 Å². The molecule has 36 heavy (non-hydrogen) atoms. The number of nitrogens with two attached hydrogens (primary N) is 2. The first kappa shape index (κ1) is 24.6. The van der Waals surface area contributed by atoms with E-state index in [1.54, 1.807) is 19.1 Å². The third kappa shape index (κ3) is 5.26. The smallest absolute Gasteiger partial charge is 0.336 e. The number of hydrogen-bond acceptors (Lipinski definition) is 10. The average molecular weight is 490 g/mol. The lowest BCUT2D eigenvalue weighted by molar-refractivity contribution is -0.384. The zero-order chi connectivity index (χ0) is 25.8. The number of ether oxygens (including phenoxy) is 1. The van der Waals surface area contributed by atoms with E-state index in [-0.39, 0.29) is 29.6 Å². The molecule has 5 N–H and O–H groups in total. The highest BCUT2D eigenvalue weighted by atomic mass is 16.6. The van der Waals surface area contributed by atoms with E-state index < -0.39 is 16.8 Å². The summed E-state index contributed by atoms with van der Waals surface area (Å²) in [4.78, 5) is 34.6. The summed E-state index contributed by atoms with van der Waals surface area (Å²) in [7, 11) is 1.94. The molecule has 1 atom stereocenters. The van der Waals surface area contributed by atoms with Crippen LogP contribution in [0.1, 0.15) is 29.5 Å². The number of aromatic nitrogens is 2. The van der Waals surface area contributed by atoms with E-state index in [1.807, 2.05) is 42.3 Å². The Hall–Kier alpha value is -4.51. The number of nitrogens with one attached hydrogen (secondary N) is 1. The highest BCUT2D eigenvalue weighted by molar-refractivity contribution is 5.95. The van der Waals surface area contributed by atoms with Crippen molar-refractivity contribution in [3.8, 4) is 0 Å². The minimum absolute atomic E-state index is 0.0307. The number of hydrogen-bond donors (Lipinski definition) is 3. The van der Waals surface area contributed by atoms with E-state index in [4.69, 9.17) is 16.2 Å². The van der Waals surface area contributed by atoms with Crippen LogP contribution in [0.4, 0.5) is 23.3 Å². The minimum atomic E-state index is -0.781. The van der Waals surface area contributed by atoms with E-state index in [9.17, 15) is 14.9 Å². The van der Waals surface area contributed by atoms with E-state index in [0.29, 0.717) is 35.7 Å². The van der Waals surface area contributed by atoms with Crippen molar-refractivity contribution in [2.45, 2.75) is 19.4 Å². The Morgan fingerprint density at radius 3 is 2.64 bits per heavy atom. The second-order valence-electron chi connectivity index (χ2n) is 8.54. The van der Waals surface area contributed by atoms with E-state index in [1.165, 1.54) is 12.1 Å². The summed E-state index contributed by atoms with van der Waals surface area (Å²) >= 11 is 0. The van der Waals surface area contributed by atoms with E-state index in [0.717, 1.165) is 5.56 Å². The molecule has 11 nitrogen and oxygen atoms in total. The second kappa shape index (κ2) is 10.4. The molecule has 0 saturated carbocycles. The summed E-state index contributed by atoms with van der Waals surface area (Å²) in [5, 5.41) is 14.5. The number of anilines is 3. The van der Waals surface area contributed by atoms with Gasteiger partial charge in [-0.15, -0.1) is 0 Å². The zero-order valence-electron chi connectivity index (χ0n) is 20.0. The molecule has 0 saturated heterocycles. The van der Waals surface area contributed by atoms with Gasteiger partial charge in [0, 0.05) is 36.5 Å². The quantitative estimate of drug-likeness (QED) is 0.243. The van der Waals surface area contributed by atoms with Crippen LogP contribution in [0.3, 0.4) is 0 Å². The van der Waals surface area contributed by atoms with Gasteiger partial charge < -0.3 is 21.5 Å². The number of likely N-dealkylation sites (N-methyl/N-ethyl adjacent to an activating group) is 1. The lowest BCUT2D eigenvalue weighted by Crippen LogP contribution is -2.29. The van der Waals surface area contributed by atoms with Gasteiger partial charge in [-0.3, -0.25) is 15.0 Å². The molecule has 1 unspecified atom stereocenters. The number of carbonyl (C=O) groups is 1. The maximum absolute atomic E-state index is 13.4. The number of fused-ring (bicyclic) bond motifs is 1. The molecule has 3 aromatic rings. The van der Waals surface area contributed by atoms with Crippen molar-refractivity contribution in [3.05, 3.63) is 92.7 Å². The van der Waals surface area contributed by atoms with Crippen molar-refractivity contribution in [2.24, 2.45) is 0 Å². The zero-order valence-corrected chi connectivity index (χ0v) is 20.0. The summed E-state index contributed by atoms with van der Waals surface area (Å²) in [6, 6.07) is 16.0. The Kier molecular flexibility index (Phi) is 7.11. The average Bonchev–Trinajstić information content (AvgIpc) is 2.83. The molecule has 2 heterocycles. The number of nitro groups is 1. The molecule has 0 spiro atoms. The highest BCUT2D eigenvalue weighted by Gasteiger charge is 2.37. The number of allylic oxidation sites excluding steroid dienone is 1. The van der Waals surface area contributed by atoms with Crippen LogP contribution in [-0.2, 0) is 16.1 Å². The van der Waals surface area contributed by atoms with Crippen LogP contribution in [-0.4, -0.2) is 46.0 Å². The fourth-order valence-corrected chi connectivity index (χ4v) is 4.26. The first-order valence-electron chi connectivity index (χ1n) is 11.3. The molecule has 2 aromatic carbocycles. The number of nitro benzene ring substituents is 1. The van der Waals surface area contributed by atoms with Crippen LogP contribution in [0.5, 0.6) is 0 Å². The van der Waals surface area contributed by atoms with Crippen LogP contribution < -0.4 is 16.8 Å². The molecular formula is C25H27N7O4. The largest absolute Gasteiger partial charge is 0.461 e. The molecule has 0 radical (unpaired) electrons. The molecule has 1 aromatic heterocycles. The van der Waals surface area contributed by atoms with Crippen LogP contribution >= 0.6 is 0 Å². The van der Waals surface area contributed by atoms with Gasteiger partial charge >= 0.3 is 5.97 Å². The van der Waals surface area contributed by atoms with Gasteiger partial charge in [0.25, 0.3) is 5.69 Å². The Morgan fingerprint density at radius 1 is 1.17 bits per heavy atom. The van der Waals surface area contributed by atoms with Crippen molar-refractivity contribution in [2.75, 3.05) is 37.0 Å². The molecule has 1 aliphatic heterocycles. The number of nitrogens with zero attached hydrogens (tertiary/aromatic N) is 4. The fourth-order valence-electron chi connectivity index (χ4n) is 4.26. The molecular weight excluding hydrogens is 462 g/mol. The van der Waals surface area contributed by atoms with Crippen molar-refractivity contribution in [3.63, 3.8) is 0 Å². The van der Waals surface area contributed by atoms with Gasteiger partial charge in [0.05, 0.1) is 16.4 Å². The van der Waals surface area contributed by atoms with Crippen molar-refractivity contribution in [1.29, 1.82) is 0 Å². The molecule has 0 bridgehead atoms. The number of non-ortho nitro benzene ring substituents is 1. The normalized spacial score (nSPS) is 14.8. The summed E-state index contributed by atoms with van der Waals surface area (Å²) < 4.78 is 5.65. The van der Waals surface area contributed by atoms with Gasteiger partial charge in [-0.1, -0.05) is 42.5 Å². The van der Waals surface area contributed by atoms with E-state index >= 15 is 0 Å². The topological polar surface area (TPSA) is 163 Å². The van der Waals surface area contributed by atoms with Gasteiger partial charge in [0.2, 0.25) is 5.95 Å². The standard InChI is InChI=1S/C25H27N7O4/c1-15-19(24(33)36-12-11-31(2)14-16-7-4-3-5-8-16)20(17-9-6-10-18(13-17)32(34)35)21-22(26)29-25(27)30-23(21)28-15/h3-10,13,20H,11-12,14H2,1-2H3,(H5,26,27,28,29,30). The molecule has 1 aliphatic rings. The number of carbonyl (C=O) groups excluding carboxylic acids is 1. The molecule has 0 fully saturated rings. The predicted octanol–water partition coefficient (Wildman–Crippen LogP) is 3.06. The van der Waals surface area contributed by atoms with Crippen molar-refractivity contribution >= 4 is 29.2 Å². The first-order valence-corrected chi connectivity index (χ1v) is 11.3. The number of nitrogen functional groups attached to an aromatic ring is 2. The Labute approximate surface area is 207 Å². The third-order valence-corrected chi connectivity index (χ3v) is 5.92. The summed E-state index contributed by atoms with van der Waals surface area (Å²) in [6.07, 6.45) is 0. The molecule has 0 amide bonds. The third-order valence-electron chi connectivity index (χ3n) is 5.92. The first-order chi connectivity index (χ1) is 17.2. The van der Waals surface area contributed by atoms with Gasteiger partial charge in [-0.05, 0) is 25.1 Å². The number of esters is 1. The maximum Gasteiger partial charge on any atom is 0.336 e. The predicted molar refractivity (Wildman–Crippen MR) is 136 cm³/mol. The fraction of sp³-hybridized carbons (Fsp3) is 0.240. The summed E-state index contributed by atoms with van der Waals surface area (Å²) in [5.74, 6) is -0.963. The van der Waals surface area contributed by atoms with Crippen LogP contribution in [0.15, 0.2) is 65.9 Å². The number of rotatable bonds is 8. The van der Waals surface area contributed by atoms with Crippen molar-refractivity contribution in [1.82, 2.24) is 14.9 Å². The Bertz CT molecular complexity index is 1330. The van der Waals surface area contributed by atoms with Crippen molar-refractivity contribution < 1.29 is 14.5 Å². The van der Waals surface area contributed by atoms with Gasteiger partial charge in [0.15, 0.2) is 0 Å². The maximum atomic E-state index is 13.4. The van der Waals surface area contributed by atoms with Gasteiger partial charge in [-0.25, -0.2) is 4.79 Å². The lowest BCUT2D eigenvalue weighted by atomic mass is 9.81. The SMILES string of the molecule is CC1=C(C(=O)OCCN(C)Cc2ccccc2)C(c2cccc([N+](=O)[O-])c2)c2c(N)nc(N)nc2N1. The Balaban J connectivity index is 1.60. The summed E-state index contributed by atoms with van der Waals surface area (Å²) in [5.41, 5.74) is 14.7. The molecule has 186 valence electrons. The monoisotopic (exact) mass is 489 g/mol. The van der Waals surface area contributed by atoms with Crippen LogP contribution in [0.25, 0.3) is 0 Å². The number of benzene rings is 2. The molecule has 0 aliphatic carbocycles. The molecule has 4 rings (SSSR count). The van der Waals surface area contributed by atoms with E-state index in [2.05, 4.69) is 15.3 Å². The van der Waals surface area contributed by atoms with Gasteiger partial charge in [0.1, 0.15) is 18.2 Å². The summed E-state index contributed by atoms with van der Waals surface area (Å²) in [6.45, 7) is 3.09. The minimum Gasteiger partial charge on any atom is -0.461 e. The van der Waals surface area contributed by atoms with Crippen LogP contribution in [0.2, 0.25) is 0 Å². The Morgan fingerprint density at radius 2 is 1.92 bits per heavy atom. The lowest BCUT2D eigenvalue weighted by Gasteiger charge is -2.30. The second-order valence-corrected chi connectivity index (χ2v) is 8.54. The highest BCUT2D eigenvalue weighted by Crippen LogP contribution is 2.44. The molecule has 11 heteroatoms.